The van der Waals surface area contributed by atoms with Crippen molar-refractivity contribution in [1.82, 2.24) is 0 Å². The number of primary amides is 1. The van der Waals surface area contributed by atoms with E-state index in [4.69, 9.17) is 5.73 Å². The number of fused-ring (bicyclic) bond motifs is 1. The Kier molecular flexibility index (Phi) is 1.97. The molecule has 2 N–H and O–H groups in total. The van der Waals surface area contributed by atoms with Crippen LogP contribution in [-0.2, 0) is 0 Å². The van der Waals surface area contributed by atoms with Crippen LogP contribution >= 0.6 is 0 Å². The summed E-state index contributed by atoms with van der Waals surface area (Å²) < 4.78 is 0. The number of amides is 1. The predicted octanol–water partition coefficient (Wildman–Crippen LogP) is 2.20. The zero-order valence-corrected chi connectivity index (χ0v) is 7.95. The number of nitrogens with two attached hydrogens (primary N) is 1. The molecule has 0 saturated carbocycles. The topological polar surface area (TPSA) is 43.1 Å². The average Bonchev–Trinajstić information content (AvgIpc) is 2.38. The largest absolute Gasteiger partial charge is 0.366 e. The van der Waals surface area contributed by atoms with Gasteiger partial charge in [0.1, 0.15) is 0 Å². The molecule has 0 aliphatic heterocycles. The first kappa shape index (κ1) is 8.75. The number of rotatable bonds is 1. The van der Waals surface area contributed by atoms with E-state index in [1.165, 1.54) is 0 Å². The lowest BCUT2D eigenvalue weighted by Gasteiger charge is -1.96. The molecule has 2 aliphatic carbocycles. The molecule has 0 atom stereocenters. The van der Waals surface area contributed by atoms with Crippen molar-refractivity contribution < 1.29 is 4.79 Å². The molecule has 2 nitrogen and oxygen atoms in total. The van der Waals surface area contributed by atoms with E-state index in [1.807, 2.05) is 43.3 Å². The Morgan fingerprint density at radius 3 is 2.43 bits per heavy atom. The molecule has 0 fully saturated rings. The minimum absolute atomic E-state index is 0.366. The van der Waals surface area contributed by atoms with Crippen LogP contribution in [0.3, 0.4) is 0 Å². The second-order valence-electron chi connectivity index (χ2n) is 3.34. The van der Waals surface area contributed by atoms with Gasteiger partial charge in [-0.1, -0.05) is 30.3 Å². The summed E-state index contributed by atoms with van der Waals surface area (Å²) in [4.78, 5) is 11.2. The third kappa shape index (κ3) is 1.25. The predicted molar refractivity (Wildman–Crippen MR) is 56.3 cm³/mol. The van der Waals surface area contributed by atoms with E-state index in [2.05, 4.69) is 0 Å². The van der Waals surface area contributed by atoms with Crippen molar-refractivity contribution >= 4 is 5.91 Å². The average molecular weight is 185 g/mol. The quantitative estimate of drug-likeness (QED) is 0.727. The van der Waals surface area contributed by atoms with Gasteiger partial charge >= 0.3 is 0 Å². The molecule has 14 heavy (non-hydrogen) atoms. The van der Waals surface area contributed by atoms with E-state index < -0.39 is 0 Å². The summed E-state index contributed by atoms with van der Waals surface area (Å²) in [6, 6.07) is 11.6. The second kappa shape index (κ2) is 3.14. The summed E-state index contributed by atoms with van der Waals surface area (Å²) in [7, 11) is 0. The fourth-order valence-electron chi connectivity index (χ4n) is 1.70. The van der Waals surface area contributed by atoms with E-state index in [-0.39, 0.29) is 5.91 Å². The molecule has 0 saturated heterocycles. The Hall–Kier alpha value is -1.83. The summed E-state index contributed by atoms with van der Waals surface area (Å²) in [5, 5.41) is 0. The van der Waals surface area contributed by atoms with Crippen molar-refractivity contribution in [3.63, 3.8) is 0 Å². The van der Waals surface area contributed by atoms with Crippen LogP contribution in [0.2, 0.25) is 0 Å². The fourth-order valence-corrected chi connectivity index (χ4v) is 1.70. The number of carbonyl (C=O) groups excluding carboxylic acids is 1. The van der Waals surface area contributed by atoms with Gasteiger partial charge in [0, 0.05) is 5.56 Å². The SMILES string of the molecule is Cc1cc(C(N)=O)c2cccccc1-2. The smallest absolute Gasteiger partial charge is 0.249 e. The molecule has 2 heteroatoms. The molecular weight excluding hydrogens is 174 g/mol. The van der Waals surface area contributed by atoms with Crippen molar-refractivity contribution in [1.29, 1.82) is 0 Å². The van der Waals surface area contributed by atoms with Crippen LogP contribution in [0.15, 0.2) is 36.4 Å². The zero-order valence-electron chi connectivity index (χ0n) is 7.95. The van der Waals surface area contributed by atoms with Crippen molar-refractivity contribution in [2.45, 2.75) is 6.92 Å². The van der Waals surface area contributed by atoms with Crippen LogP contribution < -0.4 is 5.73 Å². The highest BCUT2D eigenvalue weighted by atomic mass is 16.1. The standard InChI is InChI=1S/C12H11NO/c1-8-7-11(12(13)14)10-6-4-2-3-5-9(8)10/h2-7H,1H3,(H2,13,14). The van der Waals surface area contributed by atoms with Gasteiger partial charge in [0.15, 0.2) is 0 Å². The molecule has 2 aliphatic rings. The Morgan fingerprint density at radius 2 is 1.79 bits per heavy atom. The first-order valence-corrected chi connectivity index (χ1v) is 4.48. The number of hydrogen-bond acceptors (Lipinski definition) is 1. The molecule has 70 valence electrons. The summed E-state index contributed by atoms with van der Waals surface area (Å²) in [6.45, 7) is 1.98. The van der Waals surface area contributed by atoms with Crippen LogP contribution in [0.25, 0.3) is 11.1 Å². The molecular formula is C12H11NO. The number of hydrogen-bond donors (Lipinski definition) is 1. The maximum atomic E-state index is 11.2. The minimum atomic E-state index is -0.366. The van der Waals surface area contributed by atoms with Crippen molar-refractivity contribution in [3.05, 3.63) is 47.5 Å². The third-order valence-electron chi connectivity index (χ3n) is 2.38. The normalized spacial score (nSPS) is 10.4. The van der Waals surface area contributed by atoms with Gasteiger partial charge in [-0.2, -0.15) is 0 Å². The molecule has 0 bridgehead atoms. The van der Waals surface area contributed by atoms with E-state index >= 15 is 0 Å². The Labute approximate surface area is 82.7 Å². The van der Waals surface area contributed by atoms with Crippen LogP contribution in [0.5, 0.6) is 0 Å². The van der Waals surface area contributed by atoms with Crippen LogP contribution in [0.4, 0.5) is 0 Å². The summed E-state index contributed by atoms with van der Waals surface area (Å²) in [5.74, 6) is -0.366. The Balaban J connectivity index is 2.76. The van der Waals surface area contributed by atoms with Gasteiger partial charge in [-0.25, -0.2) is 0 Å². The monoisotopic (exact) mass is 185 g/mol. The maximum absolute atomic E-state index is 11.2. The summed E-state index contributed by atoms with van der Waals surface area (Å²) in [5.41, 5.74) is 9.01. The van der Waals surface area contributed by atoms with Crippen LogP contribution in [-0.4, -0.2) is 5.91 Å². The zero-order chi connectivity index (χ0) is 10.1. The van der Waals surface area contributed by atoms with Gasteiger partial charge in [0.25, 0.3) is 0 Å². The maximum Gasteiger partial charge on any atom is 0.249 e. The lowest BCUT2D eigenvalue weighted by molar-refractivity contribution is 0.100. The molecule has 0 heterocycles. The Bertz CT molecular complexity index is 462. The van der Waals surface area contributed by atoms with Crippen LogP contribution in [0, 0.1) is 6.92 Å². The molecule has 0 radical (unpaired) electrons. The lowest BCUT2D eigenvalue weighted by Crippen LogP contribution is -2.10. The van der Waals surface area contributed by atoms with Crippen molar-refractivity contribution in [2.75, 3.05) is 0 Å². The van der Waals surface area contributed by atoms with E-state index in [0.29, 0.717) is 5.56 Å². The molecule has 2 rings (SSSR count). The van der Waals surface area contributed by atoms with Gasteiger partial charge in [0.05, 0.1) is 0 Å². The van der Waals surface area contributed by atoms with Crippen LogP contribution in [0.1, 0.15) is 15.9 Å². The van der Waals surface area contributed by atoms with Gasteiger partial charge in [-0.05, 0) is 29.7 Å². The fraction of sp³-hybridized carbons (Fsp3) is 0.0833. The summed E-state index contributed by atoms with van der Waals surface area (Å²) in [6.07, 6.45) is 0. The van der Waals surface area contributed by atoms with Gasteiger partial charge < -0.3 is 5.73 Å². The molecule has 0 unspecified atom stereocenters. The summed E-state index contributed by atoms with van der Waals surface area (Å²) >= 11 is 0. The van der Waals surface area contributed by atoms with Crippen molar-refractivity contribution in [3.8, 4) is 11.1 Å². The highest BCUT2D eigenvalue weighted by Crippen LogP contribution is 2.30. The molecule has 0 aromatic carbocycles. The highest BCUT2D eigenvalue weighted by molar-refractivity contribution is 6.02. The first-order chi connectivity index (χ1) is 6.70. The first-order valence-electron chi connectivity index (χ1n) is 4.48. The lowest BCUT2D eigenvalue weighted by atomic mass is 10.1. The molecule has 1 amide bonds. The molecule has 0 aromatic rings. The van der Waals surface area contributed by atoms with Gasteiger partial charge in [0.2, 0.25) is 5.91 Å². The third-order valence-corrected chi connectivity index (χ3v) is 2.38. The van der Waals surface area contributed by atoms with Gasteiger partial charge in [-0.15, -0.1) is 0 Å². The van der Waals surface area contributed by atoms with E-state index in [9.17, 15) is 4.79 Å². The van der Waals surface area contributed by atoms with E-state index in [1.54, 1.807) is 0 Å². The van der Waals surface area contributed by atoms with Gasteiger partial charge in [-0.3, -0.25) is 4.79 Å². The number of carbonyl (C=O) groups is 1. The molecule has 0 aromatic heterocycles. The Morgan fingerprint density at radius 1 is 1.14 bits per heavy atom. The van der Waals surface area contributed by atoms with E-state index in [0.717, 1.165) is 16.7 Å². The highest BCUT2D eigenvalue weighted by Gasteiger charge is 2.14. The second-order valence-corrected chi connectivity index (χ2v) is 3.34. The minimum Gasteiger partial charge on any atom is -0.366 e. The number of aryl methyl sites for hydroxylation is 1. The van der Waals surface area contributed by atoms with Crippen molar-refractivity contribution in [2.24, 2.45) is 5.73 Å². The molecule has 0 spiro atoms.